The van der Waals surface area contributed by atoms with Crippen molar-refractivity contribution in [2.75, 3.05) is 0 Å². The Morgan fingerprint density at radius 3 is 2.88 bits per heavy atom. The molecular weight excluding hydrogens is 344 g/mol. The molecule has 0 N–H and O–H groups in total. The molecule has 0 radical (unpaired) electrons. The highest BCUT2D eigenvalue weighted by Gasteiger charge is 2.11. The first-order chi connectivity index (χ1) is 11.6. The highest BCUT2D eigenvalue weighted by atomic mass is 35.5. The number of ether oxygens (including phenoxy) is 2. The van der Waals surface area contributed by atoms with Gasteiger partial charge in [-0.15, -0.1) is 5.10 Å². The molecule has 0 aliphatic rings. The first-order valence-electron chi connectivity index (χ1n) is 6.66. The molecule has 0 saturated carbocycles. The fourth-order valence-corrected chi connectivity index (χ4v) is 1.98. The number of aromatic nitrogens is 5. The molecular formula is C14H10ClF2N5O2. The van der Waals surface area contributed by atoms with Crippen molar-refractivity contribution >= 4 is 11.6 Å². The van der Waals surface area contributed by atoms with Gasteiger partial charge in [0.1, 0.15) is 18.1 Å². The molecule has 0 atom stereocenters. The summed E-state index contributed by atoms with van der Waals surface area (Å²) in [5, 5.41) is 7.93. The van der Waals surface area contributed by atoms with Crippen LogP contribution in [0.5, 0.6) is 11.6 Å². The van der Waals surface area contributed by atoms with E-state index in [0.717, 1.165) is 0 Å². The predicted octanol–water partition coefficient (Wildman–Crippen LogP) is 2.89. The summed E-state index contributed by atoms with van der Waals surface area (Å²) in [5.41, 5.74) is 0.986. The van der Waals surface area contributed by atoms with Gasteiger partial charge in [0.2, 0.25) is 5.88 Å². The van der Waals surface area contributed by atoms with Crippen LogP contribution in [0.15, 0.2) is 43.0 Å². The maximum absolute atomic E-state index is 12.4. The van der Waals surface area contributed by atoms with Gasteiger partial charge >= 0.3 is 6.61 Å². The maximum atomic E-state index is 12.4. The van der Waals surface area contributed by atoms with Crippen molar-refractivity contribution in [2.45, 2.75) is 13.2 Å². The van der Waals surface area contributed by atoms with Gasteiger partial charge in [-0.1, -0.05) is 16.8 Å². The monoisotopic (exact) mass is 353 g/mol. The Morgan fingerprint density at radius 2 is 2.12 bits per heavy atom. The van der Waals surface area contributed by atoms with Crippen LogP contribution in [-0.2, 0) is 6.61 Å². The van der Waals surface area contributed by atoms with Crippen LogP contribution in [0.1, 0.15) is 5.69 Å². The van der Waals surface area contributed by atoms with Crippen molar-refractivity contribution in [2.24, 2.45) is 0 Å². The van der Waals surface area contributed by atoms with E-state index in [1.807, 2.05) is 0 Å². The Hall–Kier alpha value is -2.81. The zero-order valence-electron chi connectivity index (χ0n) is 12.0. The van der Waals surface area contributed by atoms with Crippen LogP contribution in [0.2, 0.25) is 5.02 Å². The third kappa shape index (κ3) is 3.93. The molecule has 0 spiro atoms. The maximum Gasteiger partial charge on any atom is 0.387 e. The van der Waals surface area contributed by atoms with Crippen LogP contribution in [-0.4, -0.2) is 31.6 Å². The molecule has 0 fully saturated rings. The zero-order chi connectivity index (χ0) is 16.9. The van der Waals surface area contributed by atoms with Gasteiger partial charge in [-0.05, 0) is 12.1 Å². The van der Waals surface area contributed by atoms with Crippen molar-refractivity contribution < 1.29 is 18.3 Å². The highest BCUT2D eigenvalue weighted by molar-refractivity contribution is 6.32. The van der Waals surface area contributed by atoms with Crippen molar-refractivity contribution in [1.82, 2.24) is 25.0 Å². The summed E-state index contributed by atoms with van der Waals surface area (Å²) in [6.45, 7) is -2.84. The number of benzene rings is 1. The SMILES string of the molecule is FC(F)Oc1cc(-n2cc(COc3cnccn3)nn2)ccc1Cl. The lowest BCUT2D eigenvalue weighted by Gasteiger charge is -2.08. The summed E-state index contributed by atoms with van der Waals surface area (Å²) in [4.78, 5) is 7.84. The van der Waals surface area contributed by atoms with Crippen LogP contribution < -0.4 is 9.47 Å². The van der Waals surface area contributed by atoms with E-state index >= 15 is 0 Å². The average molecular weight is 354 g/mol. The third-order valence-corrected chi connectivity index (χ3v) is 3.16. The Labute approximate surface area is 139 Å². The van der Waals surface area contributed by atoms with Crippen molar-refractivity contribution in [1.29, 1.82) is 0 Å². The first-order valence-corrected chi connectivity index (χ1v) is 7.04. The standard InChI is InChI=1S/C14H10ClF2N5O2/c15-11-2-1-10(5-12(11)24-14(16)17)22-7-9(20-21-22)8-23-13-6-18-3-4-19-13/h1-7,14H,8H2. The summed E-state index contributed by atoms with van der Waals surface area (Å²) in [5.74, 6) is 0.211. The van der Waals surface area contributed by atoms with E-state index in [9.17, 15) is 8.78 Å². The van der Waals surface area contributed by atoms with E-state index in [4.69, 9.17) is 16.3 Å². The molecule has 7 nitrogen and oxygen atoms in total. The minimum atomic E-state index is -2.97. The number of halogens is 3. The normalized spacial score (nSPS) is 10.8. The van der Waals surface area contributed by atoms with Crippen molar-refractivity contribution in [3.8, 4) is 17.3 Å². The Kier molecular flexibility index (Phi) is 4.80. The van der Waals surface area contributed by atoms with Gasteiger partial charge < -0.3 is 9.47 Å². The molecule has 0 unspecified atom stereocenters. The molecule has 1 aromatic carbocycles. The van der Waals surface area contributed by atoms with E-state index in [-0.39, 0.29) is 17.4 Å². The minimum absolute atomic E-state index is 0.0744. The van der Waals surface area contributed by atoms with Gasteiger partial charge in [-0.3, -0.25) is 4.98 Å². The number of hydrogen-bond acceptors (Lipinski definition) is 6. The first kappa shape index (κ1) is 16.1. The molecule has 3 aromatic rings. The van der Waals surface area contributed by atoms with Gasteiger partial charge in [0.25, 0.3) is 0 Å². The molecule has 0 aliphatic heterocycles. The highest BCUT2D eigenvalue weighted by Crippen LogP contribution is 2.28. The summed E-state index contributed by atoms with van der Waals surface area (Å²) < 4.78 is 35.9. The second-order valence-corrected chi connectivity index (χ2v) is 4.89. The van der Waals surface area contributed by atoms with E-state index in [2.05, 4.69) is 25.0 Å². The fraction of sp³-hybridized carbons (Fsp3) is 0.143. The van der Waals surface area contributed by atoms with Crippen LogP contribution in [0.3, 0.4) is 0 Å². The molecule has 124 valence electrons. The predicted molar refractivity (Wildman–Crippen MR) is 79.4 cm³/mol. The lowest BCUT2D eigenvalue weighted by molar-refractivity contribution is -0.0497. The van der Waals surface area contributed by atoms with Gasteiger partial charge in [0.05, 0.1) is 23.1 Å². The smallest absolute Gasteiger partial charge is 0.387 e. The third-order valence-electron chi connectivity index (χ3n) is 2.84. The average Bonchev–Trinajstić information content (AvgIpc) is 3.04. The van der Waals surface area contributed by atoms with E-state index in [0.29, 0.717) is 17.3 Å². The van der Waals surface area contributed by atoms with Crippen LogP contribution in [0.25, 0.3) is 5.69 Å². The molecule has 0 bridgehead atoms. The number of alkyl halides is 2. The number of rotatable bonds is 6. The van der Waals surface area contributed by atoms with Crippen LogP contribution >= 0.6 is 11.6 Å². The summed E-state index contributed by atoms with van der Waals surface area (Å²) in [7, 11) is 0. The van der Waals surface area contributed by atoms with E-state index in [1.165, 1.54) is 35.4 Å². The van der Waals surface area contributed by atoms with Crippen molar-refractivity contribution in [3.05, 3.63) is 53.7 Å². The lowest BCUT2D eigenvalue weighted by Crippen LogP contribution is -2.03. The van der Waals surface area contributed by atoms with E-state index in [1.54, 1.807) is 12.3 Å². The molecule has 2 aromatic heterocycles. The zero-order valence-corrected chi connectivity index (χ0v) is 12.8. The molecule has 0 aliphatic carbocycles. The fourth-order valence-electron chi connectivity index (χ4n) is 1.82. The van der Waals surface area contributed by atoms with Crippen LogP contribution in [0, 0.1) is 0 Å². The molecule has 2 heterocycles. The quantitative estimate of drug-likeness (QED) is 0.678. The lowest BCUT2D eigenvalue weighted by atomic mass is 10.3. The van der Waals surface area contributed by atoms with Crippen LogP contribution in [0.4, 0.5) is 8.78 Å². The molecule has 3 rings (SSSR count). The van der Waals surface area contributed by atoms with Gasteiger partial charge in [0, 0.05) is 18.5 Å². The van der Waals surface area contributed by atoms with Gasteiger partial charge in [0.15, 0.2) is 0 Å². The molecule has 0 saturated heterocycles. The minimum Gasteiger partial charge on any atom is -0.470 e. The van der Waals surface area contributed by atoms with Crippen molar-refractivity contribution in [3.63, 3.8) is 0 Å². The Balaban J connectivity index is 1.73. The number of hydrogen-bond donors (Lipinski definition) is 0. The summed E-state index contributed by atoms with van der Waals surface area (Å²) in [6.07, 6.45) is 6.09. The van der Waals surface area contributed by atoms with Gasteiger partial charge in [-0.25, -0.2) is 9.67 Å². The molecule has 10 heteroatoms. The topological polar surface area (TPSA) is 75.0 Å². The Bertz CT molecular complexity index is 816. The van der Waals surface area contributed by atoms with E-state index < -0.39 is 6.61 Å². The summed E-state index contributed by atoms with van der Waals surface area (Å²) >= 11 is 5.81. The molecule has 0 amide bonds. The Morgan fingerprint density at radius 1 is 1.25 bits per heavy atom. The second-order valence-electron chi connectivity index (χ2n) is 4.48. The number of nitrogens with zero attached hydrogens (tertiary/aromatic N) is 5. The van der Waals surface area contributed by atoms with Gasteiger partial charge in [-0.2, -0.15) is 8.78 Å². The largest absolute Gasteiger partial charge is 0.470 e. The summed E-state index contributed by atoms with van der Waals surface area (Å²) in [6, 6.07) is 4.38. The molecule has 24 heavy (non-hydrogen) atoms. The second kappa shape index (κ2) is 7.18.